The quantitative estimate of drug-likeness (QED) is 0.560. The number of carbonyl (C=O) groups is 2. The Morgan fingerprint density at radius 2 is 2.38 bits per heavy atom. The van der Waals surface area contributed by atoms with Crippen LogP contribution in [0.4, 0.5) is 4.79 Å². The van der Waals surface area contributed by atoms with E-state index in [9.17, 15) is 9.59 Å². The summed E-state index contributed by atoms with van der Waals surface area (Å²) in [6.07, 6.45) is 0.645. The fourth-order valence-electron chi connectivity index (χ4n) is 1.51. The molecule has 2 amide bonds. The first kappa shape index (κ1) is 12.5. The molecule has 1 aliphatic heterocycles. The predicted molar refractivity (Wildman–Crippen MR) is 60.0 cm³/mol. The van der Waals surface area contributed by atoms with Crippen LogP contribution in [0.3, 0.4) is 0 Å². The Hall–Kier alpha value is -1.52. The van der Waals surface area contributed by atoms with Crippen molar-refractivity contribution in [3.05, 3.63) is 12.2 Å². The lowest BCUT2D eigenvalue weighted by molar-refractivity contribution is -0.139. The number of esters is 1. The van der Waals surface area contributed by atoms with Crippen LogP contribution in [0, 0.1) is 0 Å². The molecule has 0 spiro atoms. The summed E-state index contributed by atoms with van der Waals surface area (Å²) in [7, 11) is 0. The van der Waals surface area contributed by atoms with Gasteiger partial charge < -0.3 is 15.0 Å². The molecule has 0 aromatic heterocycles. The molecule has 90 valence electrons. The Kier molecular flexibility index (Phi) is 4.34. The molecule has 5 nitrogen and oxygen atoms in total. The van der Waals surface area contributed by atoms with Crippen molar-refractivity contribution in [1.29, 1.82) is 0 Å². The Morgan fingerprint density at radius 1 is 1.69 bits per heavy atom. The van der Waals surface area contributed by atoms with Gasteiger partial charge in [-0.15, -0.1) is 0 Å². The lowest BCUT2D eigenvalue weighted by Crippen LogP contribution is -2.36. The van der Waals surface area contributed by atoms with Gasteiger partial charge in [0, 0.05) is 31.1 Å². The molecule has 0 saturated carbocycles. The van der Waals surface area contributed by atoms with Gasteiger partial charge in [0.05, 0.1) is 6.61 Å². The van der Waals surface area contributed by atoms with E-state index in [1.165, 1.54) is 0 Å². The average molecular weight is 226 g/mol. The maximum absolute atomic E-state index is 11.3. The first-order valence-electron chi connectivity index (χ1n) is 5.39. The lowest BCUT2D eigenvalue weighted by atomic mass is 10.2. The fraction of sp³-hybridized carbons (Fsp3) is 0.636. The van der Waals surface area contributed by atoms with E-state index in [4.69, 9.17) is 4.74 Å². The number of ether oxygens (including phenoxy) is 1. The van der Waals surface area contributed by atoms with Gasteiger partial charge in [-0.25, -0.2) is 9.59 Å². The maximum Gasteiger partial charge on any atom is 0.333 e. The summed E-state index contributed by atoms with van der Waals surface area (Å²) in [6, 6.07) is 0.0409. The molecule has 0 bridgehead atoms. The normalized spacial score (nSPS) is 16.9. The summed E-state index contributed by atoms with van der Waals surface area (Å²) < 4.78 is 4.97. The number of hydrogen-bond acceptors (Lipinski definition) is 3. The van der Waals surface area contributed by atoms with Crippen LogP contribution in [-0.2, 0) is 9.53 Å². The summed E-state index contributed by atoms with van der Waals surface area (Å²) in [5, 5.41) is 2.73. The molecule has 1 atom stereocenters. The molecule has 1 rings (SSSR count). The number of nitrogens with one attached hydrogen (secondary N) is 1. The van der Waals surface area contributed by atoms with Gasteiger partial charge in [-0.2, -0.15) is 0 Å². The van der Waals surface area contributed by atoms with Crippen molar-refractivity contribution in [2.24, 2.45) is 0 Å². The van der Waals surface area contributed by atoms with E-state index in [2.05, 4.69) is 11.9 Å². The summed E-state index contributed by atoms with van der Waals surface area (Å²) in [4.78, 5) is 24.2. The van der Waals surface area contributed by atoms with Crippen LogP contribution < -0.4 is 5.32 Å². The first-order valence-corrected chi connectivity index (χ1v) is 5.39. The molecule has 0 aromatic carbocycles. The number of nitrogens with zero attached hydrogens (tertiary/aromatic N) is 1. The minimum Gasteiger partial charge on any atom is -0.462 e. The van der Waals surface area contributed by atoms with Crippen LogP contribution in [0.2, 0.25) is 0 Å². The number of urea groups is 1. The molecule has 0 aliphatic carbocycles. The monoisotopic (exact) mass is 226 g/mol. The van der Waals surface area contributed by atoms with Crippen LogP contribution in [0.1, 0.15) is 20.3 Å². The smallest absolute Gasteiger partial charge is 0.333 e. The maximum atomic E-state index is 11.3. The van der Waals surface area contributed by atoms with E-state index in [-0.39, 0.29) is 18.0 Å². The second kappa shape index (κ2) is 5.53. The minimum absolute atomic E-state index is 0.0428. The second-order valence-corrected chi connectivity index (χ2v) is 3.98. The van der Waals surface area contributed by atoms with Crippen molar-refractivity contribution in [3.8, 4) is 0 Å². The van der Waals surface area contributed by atoms with E-state index in [0.29, 0.717) is 31.7 Å². The number of carbonyl (C=O) groups excluding carboxylic acids is 2. The molecule has 1 N–H and O–H groups in total. The minimum atomic E-state index is -0.377. The number of amides is 2. The van der Waals surface area contributed by atoms with Crippen LogP contribution >= 0.6 is 0 Å². The Bertz CT molecular complexity index is 302. The molecule has 16 heavy (non-hydrogen) atoms. The van der Waals surface area contributed by atoms with Gasteiger partial charge >= 0.3 is 12.0 Å². The molecular weight excluding hydrogens is 208 g/mol. The van der Waals surface area contributed by atoms with Gasteiger partial charge in [0.1, 0.15) is 0 Å². The summed E-state index contributed by atoms with van der Waals surface area (Å²) in [6.45, 7) is 8.77. The van der Waals surface area contributed by atoms with E-state index >= 15 is 0 Å². The van der Waals surface area contributed by atoms with Crippen molar-refractivity contribution >= 4 is 12.0 Å². The average Bonchev–Trinajstić information content (AvgIpc) is 2.64. The third kappa shape index (κ3) is 3.25. The zero-order chi connectivity index (χ0) is 12.1. The van der Waals surface area contributed by atoms with Crippen LogP contribution in [0.5, 0.6) is 0 Å². The fourth-order valence-corrected chi connectivity index (χ4v) is 1.51. The molecule has 0 aromatic rings. The first-order chi connectivity index (χ1) is 7.52. The predicted octanol–water partition coefficient (Wildman–Crippen LogP) is 0.909. The summed E-state index contributed by atoms with van der Waals surface area (Å²) >= 11 is 0. The topological polar surface area (TPSA) is 58.6 Å². The van der Waals surface area contributed by atoms with Gasteiger partial charge in [0.2, 0.25) is 0 Å². The third-order valence-electron chi connectivity index (χ3n) is 2.54. The highest BCUT2D eigenvalue weighted by atomic mass is 16.5. The van der Waals surface area contributed by atoms with Crippen molar-refractivity contribution in [2.45, 2.75) is 26.3 Å². The highest BCUT2D eigenvalue weighted by Gasteiger charge is 2.24. The van der Waals surface area contributed by atoms with Gasteiger partial charge in [0.25, 0.3) is 0 Å². The molecule has 1 heterocycles. The Morgan fingerprint density at radius 3 is 2.88 bits per heavy atom. The van der Waals surface area contributed by atoms with Gasteiger partial charge in [-0.3, -0.25) is 0 Å². The van der Waals surface area contributed by atoms with Gasteiger partial charge in [0.15, 0.2) is 0 Å². The zero-order valence-electron chi connectivity index (χ0n) is 9.78. The zero-order valence-corrected chi connectivity index (χ0v) is 9.78. The number of rotatable bonds is 5. The molecule has 1 fully saturated rings. The van der Waals surface area contributed by atoms with Crippen molar-refractivity contribution in [3.63, 3.8) is 0 Å². The second-order valence-electron chi connectivity index (χ2n) is 3.98. The van der Waals surface area contributed by atoms with E-state index in [0.717, 1.165) is 0 Å². The summed E-state index contributed by atoms with van der Waals surface area (Å²) in [5.41, 5.74) is 0.395. The highest BCUT2D eigenvalue weighted by molar-refractivity contribution is 5.86. The van der Waals surface area contributed by atoms with Gasteiger partial charge in [-0.05, 0) is 13.8 Å². The lowest BCUT2D eigenvalue weighted by Gasteiger charge is -2.22. The standard InChI is InChI=1S/C11H18N2O3/c1-8(2)10(14)16-7-4-9(3)13-6-5-12-11(13)15/h9H,1,4-7H2,2-3H3,(H,12,15). The molecular formula is C11H18N2O3. The largest absolute Gasteiger partial charge is 0.462 e. The summed E-state index contributed by atoms with van der Waals surface area (Å²) in [5.74, 6) is -0.377. The number of hydrogen-bond donors (Lipinski definition) is 1. The Balaban J connectivity index is 2.25. The van der Waals surface area contributed by atoms with E-state index in [1.807, 2.05) is 6.92 Å². The molecule has 1 aliphatic rings. The van der Waals surface area contributed by atoms with Gasteiger partial charge in [-0.1, -0.05) is 6.58 Å². The van der Waals surface area contributed by atoms with Crippen molar-refractivity contribution in [2.75, 3.05) is 19.7 Å². The van der Waals surface area contributed by atoms with Crippen LogP contribution in [0.15, 0.2) is 12.2 Å². The van der Waals surface area contributed by atoms with Crippen molar-refractivity contribution < 1.29 is 14.3 Å². The SMILES string of the molecule is C=C(C)C(=O)OCCC(C)N1CCNC1=O. The van der Waals surface area contributed by atoms with E-state index in [1.54, 1.807) is 11.8 Å². The molecule has 1 unspecified atom stereocenters. The van der Waals surface area contributed by atoms with Crippen LogP contribution in [0.25, 0.3) is 0 Å². The van der Waals surface area contributed by atoms with Crippen molar-refractivity contribution in [1.82, 2.24) is 10.2 Å². The third-order valence-corrected chi connectivity index (χ3v) is 2.54. The molecule has 0 radical (unpaired) electrons. The van der Waals surface area contributed by atoms with E-state index < -0.39 is 0 Å². The van der Waals surface area contributed by atoms with Crippen LogP contribution in [-0.4, -0.2) is 42.6 Å². The molecule has 1 saturated heterocycles. The Labute approximate surface area is 95.4 Å². The molecule has 5 heteroatoms. The highest BCUT2D eigenvalue weighted by Crippen LogP contribution is 2.08.